The molecule has 0 aromatic heterocycles. The summed E-state index contributed by atoms with van der Waals surface area (Å²) in [6.07, 6.45) is 0. The van der Waals surface area contributed by atoms with Crippen LogP contribution in [-0.2, 0) is 13.6 Å². The average Bonchev–Trinajstić information content (AvgIpc) is 2.08. The van der Waals surface area contributed by atoms with Crippen molar-refractivity contribution in [2.45, 2.75) is 13.0 Å². The van der Waals surface area contributed by atoms with E-state index in [1.807, 2.05) is 6.92 Å². The number of carbonyl (C=O) groups excluding carboxylic acids is 1. The van der Waals surface area contributed by atoms with Crippen molar-refractivity contribution in [3.05, 3.63) is 0 Å². The van der Waals surface area contributed by atoms with Crippen LogP contribution in [0.2, 0.25) is 6.04 Å². The second kappa shape index (κ2) is 4.48. The van der Waals surface area contributed by atoms with Crippen LogP contribution in [0.4, 0.5) is 4.79 Å². The topological polar surface area (TPSA) is 44.8 Å². The summed E-state index contributed by atoms with van der Waals surface area (Å²) in [5, 5.41) is 0. The van der Waals surface area contributed by atoms with Gasteiger partial charge in [0.2, 0.25) is 0 Å². The lowest BCUT2D eigenvalue weighted by atomic mass is 11.0. The fourth-order valence-corrected chi connectivity index (χ4v) is 2.52. The van der Waals surface area contributed by atoms with Crippen LogP contribution in [0.15, 0.2) is 0 Å². The van der Waals surface area contributed by atoms with Crippen LogP contribution in [0.25, 0.3) is 0 Å². The molecule has 0 atom stereocenters. The predicted octanol–water partition coefficient (Wildman–Crippen LogP) is 1.09. The summed E-state index contributed by atoms with van der Waals surface area (Å²) in [6.45, 7) is 1.84. The van der Waals surface area contributed by atoms with Crippen molar-refractivity contribution in [2.75, 3.05) is 21.3 Å². The van der Waals surface area contributed by atoms with E-state index in [-0.39, 0.29) is 5.59 Å². The third-order valence-corrected chi connectivity index (χ3v) is 4.70. The summed E-state index contributed by atoms with van der Waals surface area (Å²) >= 11 is 0. The van der Waals surface area contributed by atoms with Crippen LogP contribution in [0.5, 0.6) is 0 Å². The van der Waals surface area contributed by atoms with Gasteiger partial charge < -0.3 is 13.6 Å². The zero-order chi connectivity index (χ0) is 8.91. The van der Waals surface area contributed by atoms with Gasteiger partial charge in [0, 0.05) is 14.2 Å². The molecule has 0 fully saturated rings. The maximum atomic E-state index is 11.1. The first-order valence-corrected chi connectivity index (χ1v) is 5.38. The second-order valence-electron chi connectivity index (χ2n) is 2.01. The molecule has 0 aromatic rings. The molecule has 0 bridgehead atoms. The van der Waals surface area contributed by atoms with Gasteiger partial charge in [-0.05, 0) is 6.04 Å². The molecule has 0 spiro atoms. The monoisotopic (exact) mass is 178 g/mol. The van der Waals surface area contributed by atoms with Crippen molar-refractivity contribution in [3.63, 3.8) is 0 Å². The number of rotatable bonds is 4. The van der Waals surface area contributed by atoms with Crippen molar-refractivity contribution < 1.29 is 18.4 Å². The van der Waals surface area contributed by atoms with Gasteiger partial charge in [0.15, 0.2) is 0 Å². The Morgan fingerprint density at radius 2 is 1.73 bits per heavy atom. The van der Waals surface area contributed by atoms with E-state index in [4.69, 9.17) is 8.85 Å². The first-order chi connectivity index (χ1) is 5.16. The number of carbonyl (C=O) groups is 1. The summed E-state index contributed by atoms with van der Waals surface area (Å²) in [5.41, 5.74) is -0.370. The third kappa shape index (κ3) is 2.02. The van der Waals surface area contributed by atoms with Crippen LogP contribution in [-0.4, -0.2) is 35.5 Å². The highest BCUT2D eigenvalue weighted by Gasteiger charge is 2.44. The Kier molecular flexibility index (Phi) is 4.32. The van der Waals surface area contributed by atoms with Gasteiger partial charge in [0.25, 0.3) is 0 Å². The largest absolute Gasteiger partial charge is 0.469 e. The van der Waals surface area contributed by atoms with Crippen LogP contribution >= 0.6 is 0 Å². The highest BCUT2D eigenvalue weighted by Crippen LogP contribution is 2.13. The van der Waals surface area contributed by atoms with E-state index in [2.05, 4.69) is 4.74 Å². The van der Waals surface area contributed by atoms with E-state index in [1.54, 1.807) is 0 Å². The smallest absolute Gasteiger partial charge is 0.461 e. The molecule has 0 radical (unpaired) electrons. The average molecular weight is 178 g/mol. The third-order valence-electron chi connectivity index (χ3n) is 1.62. The summed E-state index contributed by atoms with van der Waals surface area (Å²) in [6, 6.07) is 0.562. The minimum atomic E-state index is -2.68. The van der Waals surface area contributed by atoms with Crippen LogP contribution in [0.3, 0.4) is 0 Å². The highest BCUT2D eigenvalue weighted by atomic mass is 28.4. The SMILES string of the molecule is CC[Si](OC)(OC)C(=O)OC. The Balaban J connectivity index is 4.39. The molecule has 0 aromatic carbocycles. The Morgan fingerprint density at radius 3 is 1.82 bits per heavy atom. The molecule has 0 aliphatic rings. The Bertz CT molecular complexity index is 124. The normalized spacial score (nSPS) is 11.3. The van der Waals surface area contributed by atoms with Crippen molar-refractivity contribution in [2.24, 2.45) is 0 Å². The molecule has 0 saturated heterocycles. The molecule has 0 amide bonds. The van der Waals surface area contributed by atoms with Gasteiger partial charge in [-0.2, -0.15) is 0 Å². The van der Waals surface area contributed by atoms with Gasteiger partial charge >= 0.3 is 14.2 Å². The lowest BCUT2D eigenvalue weighted by Crippen LogP contribution is -2.48. The maximum absolute atomic E-state index is 11.1. The summed E-state index contributed by atoms with van der Waals surface area (Å²) in [4.78, 5) is 11.1. The number of ether oxygens (including phenoxy) is 1. The molecule has 0 aliphatic carbocycles. The number of hydrogen-bond donors (Lipinski definition) is 0. The van der Waals surface area contributed by atoms with Gasteiger partial charge in [-0.3, -0.25) is 4.79 Å². The Morgan fingerprint density at radius 1 is 1.27 bits per heavy atom. The van der Waals surface area contributed by atoms with Gasteiger partial charge in [-0.25, -0.2) is 0 Å². The standard InChI is InChI=1S/C6H14O4Si/c1-5-11(9-3,10-4)6(7)8-2/h5H2,1-4H3. The predicted molar refractivity (Wildman–Crippen MR) is 42.7 cm³/mol. The van der Waals surface area contributed by atoms with E-state index in [0.29, 0.717) is 6.04 Å². The molecule has 0 N–H and O–H groups in total. The summed E-state index contributed by atoms with van der Waals surface area (Å²) in [7, 11) is 1.59. The second-order valence-corrected chi connectivity index (χ2v) is 5.44. The molecule has 4 nitrogen and oxygen atoms in total. The van der Waals surface area contributed by atoms with Gasteiger partial charge in [0.1, 0.15) is 0 Å². The molecule has 0 unspecified atom stereocenters. The molecule has 0 aliphatic heterocycles. The fourth-order valence-electron chi connectivity index (χ4n) is 0.839. The first-order valence-electron chi connectivity index (χ1n) is 3.35. The molecule has 0 rings (SSSR count). The summed E-state index contributed by atoms with van der Waals surface area (Å²) < 4.78 is 14.6. The fraction of sp³-hybridized carbons (Fsp3) is 0.833. The van der Waals surface area contributed by atoms with Crippen molar-refractivity contribution in [1.82, 2.24) is 0 Å². The zero-order valence-electron chi connectivity index (χ0n) is 7.34. The van der Waals surface area contributed by atoms with E-state index in [0.717, 1.165) is 0 Å². The highest BCUT2D eigenvalue weighted by molar-refractivity contribution is 6.95. The minimum Gasteiger partial charge on any atom is -0.469 e. The van der Waals surface area contributed by atoms with Crippen LogP contribution < -0.4 is 0 Å². The number of hydrogen-bond acceptors (Lipinski definition) is 4. The lowest BCUT2D eigenvalue weighted by molar-refractivity contribution is 0.165. The van der Waals surface area contributed by atoms with E-state index in [1.165, 1.54) is 21.3 Å². The van der Waals surface area contributed by atoms with Crippen LogP contribution in [0, 0.1) is 0 Å². The van der Waals surface area contributed by atoms with Crippen molar-refractivity contribution in [3.8, 4) is 0 Å². The quantitative estimate of drug-likeness (QED) is 0.604. The molecular formula is C6H14O4Si. The lowest BCUT2D eigenvalue weighted by Gasteiger charge is -2.21. The van der Waals surface area contributed by atoms with Crippen molar-refractivity contribution in [1.29, 1.82) is 0 Å². The van der Waals surface area contributed by atoms with Gasteiger partial charge in [0.05, 0.1) is 7.11 Å². The maximum Gasteiger partial charge on any atom is 0.461 e. The molecule has 5 heteroatoms. The van der Waals surface area contributed by atoms with Crippen molar-refractivity contribution >= 4 is 14.2 Å². The molecule has 0 heterocycles. The number of methoxy groups -OCH3 is 1. The van der Waals surface area contributed by atoms with E-state index in [9.17, 15) is 4.79 Å². The van der Waals surface area contributed by atoms with Crippen LogP contribution in [0.1, 0.15) is 6.92 Å². The molecule has 11 heavy (non-hydrogen) atoms. The Labute approximate surface area is 67.7 Å². The zero-order valence-corrected chi connectivity index (χ0v) is 8.34. The van der Waals surface area contributed by atoms with Gasteiger partial charge in [-0.1, -0.05) is 6.92 Å². The van der Waals surface area contributed by atoms with E-state index < -0.39 is 8.56 Å². The summed E-state index contributed by atoms with van der Waals surface area (Å²) in [5.74, 6) is 0. The van der Waals surface area contributed by atoms with E-state index >= 15 is 0 Å². The molecule has 0 saturated carbocycles. The molecular weight excluding hydrogens is 164 g/mol. The van der Waals surface area contributed by atoms with Gasteiger partial charge in [-0.15, -0.1) is 0 Å². The Hall–Kier alpha value is -0.393. The molecule has 66 valence electrons. The minimum absolute atomic E-state index is 0.370. The first kappa shape index (κ1) is 10.6.